The number of H-pyrrole nitrogens is 1. The van der Waals surface area contributed by atoms with Crippen molar-refractivity contribution < 1.29 is 0 Å². The molecule has 0 fully saturated rings. The van der Waals surface area contributed by atoms with Crippen molar-refractivity contribution in [1.29, 1.82) is 0 Å². The Bertz CT molecular complexity index is 1110. The lowest BCUT2D eigenvalue weighted by atomic mass is 10.1. The molecule has 9 nitrogen and oxygen atoms in total. The maximum Gasteiger partial charge on any atom is 0.165 e. The molecule has 0 unspecified atom stereocenters. The van der Waals surface area contributed by atoms with Gasteiger partial charge in [0.05, 0.1) is 40.9 Å². The van der Waals surface area contributed by atoms with Gasteiger partial charge < -0.3 is 4.90 Å². The molecule has 10 heteroatoms. The van der Waals surface area contributed by atoms with Crippen LogP contribution >= 0.6 is 11.3 Å². The number of rotatable bonds is 4. The molecule has 0 aromatic carbocycles. The molecule has 0 radical (unpaired) electrons. The van der Waals surface area contributed by atoms with Crippen LogP contribution in [0.5, 0.6) is 0 Å². The highest BCUT2D eigenvalue weighted by atomic mass is 32.1. The van der Waals surface area contributed by atoms with E-state index in [1.54, 1.807) is 29.4 Å². The molecule has 1 aliphatic rings. The minimum absolute atomic E-state index is 0.111. The molecule has 5 heterocycles. The van der Waals surface area contributed by atoms with Gasteiger partial charge in [0.1, 0.15) is 12.0 Å². The predicted octanol–water partition coefficient (Wildman–Crippen LogP) is 3.25. The first-order valence-electron chi connectivity index (χ1n) is 9.17. The fraction of sp³-hybridized carbons (Fsp3) is 0.333. The first-order chi connectivity index (χ1) is 13.7. The summed E-state index contributed by atoms with van der Waals surface area (Å²) in [6.07, 6.45) is 6.23. The van der Waals surface area contributed by atoms with Crippen molar-refractivity contribution in [3.05, 3.63) is 35.4 Å². The number of nitrogens with zero attached hydrogens (tertiary/aromatic N) is 8. The number of aromatic nitrogens is 8. The van der Waals surface area contributed by atoms with Crippen LogP contribution in [-0.4, -0.2) is 46.0 Å². The number of thiazole rings is 1. The molecule has 1 atom stereocenters. The van der Waals surface area contributed by atoms with Crippen molar-refractivity contribution in [2.24, 2.45) is 0 Å². The number of fused-ring (bicyclic) bond motifs is 3. The monoisotopic (exact) mass is 393 g/mol. The Morgan fingerprint density at radius 2 is 2.14 bits per heavy atom. The van der Waals surface area contributed by atoms with E-state index in [9.17, 15) is 0 Å². The van der Waals surface area contributed by atoms with Crippen LogP contribution in [0.3, 0.4) is 0 Å². The van der Waals surface area contributed by atoms with E-state index in [1.807, 2.05) is 16.1 Å². The maximum atomic E-state index is 4.96. The lowest BCUT2D eigenvalue weighted by molar-refractivity contribution is 0.497. The van der Waals surface area contributed by atoms with E-state index in [4.69, 9.17) is 4.98 Å². The van der Waals surface area contributed by atoms with Crippen LogP contribution in [0.25, 0.3) is 28.5 Å². The molecule has 5 rings (SSSR count). The fourth-order valence-electron chi connectivity index (χ4n) is 3.76. The summed E-state index contributed by atoms with van der Waals surface area (Å²) in [5, 5.41) is 17.7. The van der Waals surface area contributed by atoms with Crippen LogP contribution in [0.15, 0.2) is 29.6 Å². The van der Waals surface area contributed by atoms with Gasteiger partial charge in [0.15, 0.2) is 17.5 Å². The Kier molecular flexibility index (Phi) is 3.93. The van der Waals surface area contributed by atoms with Gasteiger partial charge in [-0.25, -0.2) is 15.0 Å². The number of hydrogen-bond donors (Lipinski definition) is 1. The van der Waals surface area contributed by atoms with E-state index < -0.39 is 0 Å². The lowest BCUT2D eigenvalue weighted by Gasteiger charge is -2.39. The van der Waals surface area contributed by atoms with E-state index in [0.717, 1.165) is 40.7 Å². The summed E-state index contributed by atoms with van der Waals surface area (Å²) in [6.45, 7) is 6.49. The van der Waals surface area contributed by atoms with Gasteiger partial charge in [-0.05, 0) is 20.3 Å². The molecule has 4 aromatic rings. The van der Waals surface area contributed by atoms with Crippen molar-refractivity contribution in [3.8, 4) is 28.5 Å². The molecule has 0 amide bonds. The number of hydrogen-bond acceptors (Lipinski definition) is 8. The number of nitrogens with one attached hydrogen (secondary N) is 1. The van der Waals surface area contributed by atoms with Crippen LogP contribution in [0.1, 0.15) is 39.1 Å². The first kappa shape index (κ1) is 17.0. The zero-order valence-corrected chi connectivity index (χ0v) is 16.6. The Morgan fingerprint density at radius 1 is 1.25 bits per heavy atom. The molecular weight excluding hydrogens is 374 g/mol. The van der Waals surface area contributed by atoms with Gasteiger partial charge in [0, 0.05) is 11.4 Å². The standard InChI is InChI=1S/C18H19N9S/c1-4-13-18-25-22-8-26(18)14-6-19-16(23-17(14)27(13)10(2)3)11-5-21-24-15(11)12-7-28-9-20-12/h5-10,13H,4H2,1-3H3,(H,21,24)/t13-/m1/s1. The third-order valence-corrected chi connectivity index (χ3v) is 5.56. The first-order valence-corrected chi connectivity index (χ1v) is 10.1. The van der Waals surface area contributed by atoms with E-state index in [0.29, 0.717) is 5.82 Å². The van der Waals surface area contributed by atoms with Crippen LogP contribution in [0.2, 0.25) is 0 Å². The van der Waals surface area contributed by atoms with E-state index in [-0.39, 0.29) is 12.1 Å². The molecule has 1 aliphatic heterocycles. The molecule has 142 valence electrons. The largest absolute Gasteiger partial charge is 0.342 e. The molecule has 0 spiro atoms. The molecule has 1 N–H and O–H groups in total. The maximum absolute atomic E-state index is 4.96. The highest BCUT2D eigenvalue weighted by Gasteiger charge is 2.35. The quantitative estimate of drug-likeness (QED) is 0.568. The lowest BCUT2D eigenvalue weighted by Crippen LogP contribution is -2.40. The molecule has 4 aromatic heterocycles. The summed E-state index contributed by atoms with van der Waals surface area (Å²) in [6, 6.07) is 0.361. The normalized spacial score (nSPS) is 15.7. The minimum atomic E-state index is 0.111. The summed E-state index contributed by atoms with van der Waals surface area (Å²) in [7, 11) is 0. The average Bonchev–Trinajstić information content (AvgIpc) is 3.46. The van der Waals surface area contributed by atoms with Crippen molar-refractivity contribution in [2.45, 2.75) is 39.3 Å². The summed E-state index contributed by atoms with van der Waals surface area (Å²) in [5.41, 5.74) is 5.19. The number of aromatic amines is 1. The van der Waals surface area contributed by atoms with E-state index >= 15 is 0 Å². The Labute approximate surface area is 165 Å². The van der Waals surface area contributed by atoms with Gasteiger partial charge in [-0.1, -0.05) is 6.92 Å². The van der Waals surface area contributed by atoms with Gasteiger partial charge in [-0.3, -0.25) is 9.67 Å². The smallest absolute Gasteiger partial charge is 0.165 e. The highest BCUT2D eigenvalue weighted by Crippen LogP contribution is 2.40. The molecular formula is C18H19N9S. The Balaban J connectivity index is 1.69. The highest BCUT2D eigenvalue weighted by molar-refractivity contribution is 7.07. The van der Waals surface area contributed by atoms with Crippen molar-refractivity contribution >= 4 is 17.2 Å². The van der Waals surface area contributed by atoms with Crippen LogP contribution < -0.4 is 4.90 Å². The molecule has 0 saturated carbocycles. The van der Waals surface area contributed by atoms with Gasteiger partial charge >= 0.3 is 0 Å². The number of anilines is 1. The Hall–Kier alpha value is -3.14. The van der Waals surface area contributed by atoms with Gasteiger partial charge in [-0.2, -0.15) is 5.10 Å². The van der Waals surface area contributed by atoms with Gasteiger partial charge in [0.25, 0.3) is 0 Å². The van der Waals surface area contributed by atoms with E-state index in [1.165, 1.54) is 0 Å². The second-order valence-corrected chi connectivity index (χ2v) is 7.64. The van der Waals surface area contributed by atoms with E-state index in [2.05, 4.69) is 56.0 Å². The zero-order chi connectivity index (χ0) is 19.3. The van der Waals surface area contributed by atoms with Crippen molar-refractivity contribution in [2.75, 3.05) is 4.90 Å². The summed E-state index contributed by atoms with van der Waals surface area (Å²) in [5.74, 6) is 2.42. The molecule has 0 bridgehead atoms. The molecule has 0 saturated heterocycles. The zero-order valence-electron chi connectivity index (χ0n) is 15.7. The van der Waals surface area contributed by atoms with Crippen LogP contribution in [0.4, 0.5) is 5.82 Å². The third kappa shape index (κ3) is 2.44. The predicted molar refractivity (Wildman–Crippen MR) is 106 cm³/mol. The van der Waals surface area contributed by atoms with Crippen LogP contribution in [0, 0.1) is 0 Å². The van der Waals surface area contributed by atoms with Gasteiger partial charge in [0.2, 0.25) is 0 Å². The van der Waals surface area contributed by atoms with Crippen molar-refractivity contribution in [1.82, 2.24) is 39.9 Å². The third-order valence-electron chi connectivity index (χ3n) is 4.97. The van der Waals surface area contributed by atoms with Gasteiger partial charge in [-0.15, -0.1) is 21.5 Å². The SMILES string of the molecule is CC[C@@H]1c2nncn2-c2cnc(-c3cn[nH]c3-c3cscn3)nc2N1C(C)C. The summed E-state index contributed by atoms with van der Waals surface area (Å²) in [4.78, 5) is 16.3. The summed E-state index contributed by atoms with van der Waals surface area (Å²) < 4.78 is 1.99. The Morgan fingerprint density at radius 3 is 2.89 bits per heavy atom. The van der Waals surface area contributed by atoms with Crippen LogP contribution in [-0.2, 0) is 0 Å². The minimum Gasteiger partial charge on any atom is -0.342 e. The average molecular weight is 393 g/mol. The second-order valence-electron chi connectivity index (χ2n) is 6.92. The topological polar surface area (TPSA) is 101 Å². The second kappa shape index (κ2) is 6.48. The summed E-state index contributed by atoms with van der Waals surface area (Å²) >= 11 is 1.54. The molecule has 28 heavy (non-hydrogen) atoms. The fourth-order valence-corrected chi connectivity index (χ4v) is 4.30. The molecule has 0 aliphatic carbocycles. The van der Waals surface area contributed by atoms with Crippen molar-refractivity contribution in [3.63, 3.8) is 0 Å².